The van der Waals surface area contributed by atoms with Gasteiger partial charge in [-0.15, -0.1) is 0 Å². The van der Waals surface area contributed by atoms with Gasteiger partial charge in [0.2, 0.25) is 5.91 Å². The fraction of sp³-hybridized carbons (Fsp3) is 0.316. The van der Waals surface area contributed by atoms with Crippen LogP contribution in [0.1, 0.15) is 25.3 Å². The molecule has 0 aliphatic heterocycles. The molecule has 0 saturated heterocycles. The summed E-state index contributed by atoms with van der Waals surface area (Å²) in [5, 5.41) is 2.91. The van der Waals surface area contributed by atoms with E-state index in [0.717, 1.165) is 12.0 Å². The maximum atomic E-state index is 12.2. The van der Waals surface area contributed by atoms with Crippen molar-refractivity contribution in [3.8, 4) is 11.5 Å². The van der Waals surface area contributed by atoms with Gasteiger partial charge in [-0.3, -0.25) is 4.79 Å². The van der Waals surface area contributed by atoms with Crippen LogP contribution >= 0.6 is 0 Å². The number of hydrogen-bond donors (Lipinski definition) is 2. The number of rotatable bonds is 8. The number of para-hydroxylation sites is 2. The maximum Gasteiger partial charge on any atom is 0.224 e. The van der Waals surface area contributed by atoms with Gasteiger partial charge in [-0.05, 0) is 42.7 Å². The summed E-state index contributed by atoms with van der Waals surface area (Å²) >= 11 is 0. The van der Waals surface area contributed by atoms with Crippen molar-refractivity contribution in [1.29, 1.82) is 0 Å². The van der Waals surface area contributed by atoms with Crippen LogP contribution in [0.2, 0.25) is 0 Å². The molecule has 0 aliphatic rings. The van der Waals surface area contributed by atoms with E-state index in [2.05, 4.69) is 5.32 Å². The average Bonchev–Trinajstić information content (AvgIpc) is 2.59. The summed E-state index contributed by atoms with van der Waals surface area (Å²) in [6.45, 7) is 2.67. The lowest BCUT2D eigenvalue weighted by Gasteiger charge is -2.12. The predicted octanol–water partition coefficient (Wildman–Crippen LogP) is 3.64. The fourth-order valence-corrected chi connectivity index (χ4v) is 2.32. The molecular formula is C19H24N2O3. The monoisotopic (exact) mass is 328 g/mol. The molecule has 5 nitrogen and oxygen atoms in total. The van der Waals surface area contributed by atoms with Crippen molar-refractivity contribution in [2.45, 2.75) is 26.2 Å². The molecular weight excluding hydrogens is 304 g/mol. The van der Waals surface area contributed by atoms with Gasteiger partial charge < -0.3 is 20.5 Å². The zero-order valence-corrected chi connectivity index (χ0v) is 14.2. The van der Waals surface area contributed by atoms with E-state index in [-0.39, 0.29) is 5.91 Å². The third kappa shape index (κ3) is 4.91. The molecule has 0 bridgehead atoms. The molecule has 3 N–H and O–H groups in total. The highest BCUT2D eigenvalue weighted by atomic mass is 16.5. The molecule has 0 saturated carbocycles. The Balaban J connectivity index is 1.93. The van der Waals surface area contributed by atoms with Gasteiger partial charge in [0.15, 0.2) is 0 Å². The van der Waals surface area contributed by atoms with Crippen molar-refractivity contribution >= 4 is 17.3 Å². The zero-order valence-electron chi connectivity index (χ0n) is 14.2. The van der Waals surface area contributed by atoms with Crippen molar-refractivity contribution in [2.24, 2.45) is 0 Å². The summed E-state index contributed by atoms with van der Waals surface area (Å²) in [5.41, 5.74) is 8.16. The van der Waals surface area contributed by atoms with E-state index in [9.17, 15) is 4.79 Å². The van der Waals surface area contributed by atoms with E-state index in [0.29, 0.717) is 42.3 Å². The van der Waals surface area contributed by atoms with E-state index >= 15 is 0 Å². The molecule has 0 atom stereocenters. The average molecular weight is 328 g/mol. The zero-order chi connectivity index (χ0) is 17.4. The van der Waals surface area contributed by atoms with Crippen LogP contribution in [-0.4, -0.2) is 19.6 Å². The van der Waals surface area contributed by atoms with E-state index in [1.807, 2.05) is 49.4 Å². The largest absolute Gasteiger partial charge is 0.495 e. The second-order valence-corrected chi connectivity index (χ2v) is 5.47. The van der Waals surface area contributed by atoms with Crippen molar-refractivity contribution in [1.82, 2.24) is 0 Å². The lowest BCUT2D eigenvalue weighted by atomic mass is 10.1. The van der Waals surface area contributed by atoms with E-state index in [1.165, 1.54) is 0 Å². The number of amides is 1. The Bertz CT molecular complexity index is 686. The maximum absolute atomic E-state index is 12.2. The molecule has 2 aromatic carbocycles. The molecule has 5 heteroatoms. The van der Waals surface area contributed by atoms with Crippen LogP contribution in [0.4, 0.5) is 11.4 Å². The van der Waals surface area contributed by atoms with E-state index in [1.54, 1.807) is 7.11 Å². The number of nitrogens with two attached hydrogens (primary N) is 1. The number of aryl methyl sites for hydroxylation is 1. The van der Waals surface area contributed by atoms with Gasteiger partial charge in [-0.25, -0.2) is 0 Å². The number of carbonyl (C=O) groups excluding carboxylic acids is 1. The Morgan fingerprint density at radius 3 is 2.67 bits per heavy atom. The topological polar surface area (TPSA) is 73.6 Å². The normalized spacial score (nSPS) is 10.2. The third-order valence-electron chi connectivity index (χ3n) is 3.56. The molecule has 24 heavy (non-hydrogen) atoms. The standard InChI is InChI=1S/C19H24N2O3/c1-3-12-24-18-7-5-4-6-16(18)21-19(22)11-9-14-8-10-17(23-2)15(20)13-14/h4-8,10,13H,3,9,11-12,20H2,1-2H3,(H,21,22). The van der Waals surface area contributed by atoms with Crippen molar-refractivity contribution in [3.63, 3.8) is 0 Å². The van der Waals surface area contributed by atoms with Gasteiger partial charge >= 0.3 is 0 Å². The Kier molecular flexibility index (Phi) is 6.49. The SMILES string of the molecule is CCCOc1ccccc1NC(=O)CCc1ccc(OC)c(N)c1. The summed E-state index contributed by atoms with van der Waals surface area (Å²) in [6, 6.07) is 13.0. The molecule has 0 fully saturated rings. The number of hydrogen-bond acceptors (Lipinski definition) is 4. The first kappa shape index (κ1) is 17.7. The lowest BCUT2D eigenvalue weighted by Crippen LogP contribution is -2.13. The van der Waals surface area contributed by atoms with Crippen LogP contribution in [0.3, 0.4) is 0 Å². The van der Waals surface area contributed by atoms with Crippen molar-refractivity contribution in [3.05, 3.63) is 48.0 Å². The second-order valence-electron chi connectivity index (χ2n) is 5.47. The number of benzene rings is 2. The summed E-state index contributed by atoms with van der Waals surface area (Å²) in [4.78, 5) is 12.2. The molecule has 0 aromatic heterocycles. The van der Waals surface area contributed by atoms with Crippen LogP contribution in [0.15, 0.2) is 42.5 Å². The highest BCUT2D eigenvalue weighted by Gasteiger charge is 2.08. The molecule has 2 rings (SSSR count). The third-order valence-corrected chi connectivity index (χ3v) is 3.56. The number of nitrogens with one attached hydrogen (secondary N) is 1. The molecule has 128 valence electrons. The van der Waals surface area contributed by atoms with Crippen LogP contribution in [0.5, 0.6) is 11.5 Å². The van der Waals surface area contributed by atoms with Gasteiger partial charge in [-0.2, -0.15) is 0 Å². The van der Waals surface area contributed by atoms with Crippen LogP contribution in [0, 0.1) is 0 Å². The first-order valence-electron chi connectivity index (χ1n) is 8.08. The number of nitrogen functional groups attached to an aromatic ring is 1. The Morgan fingerprint density at radius 2 is 1.96 bits per heavy atom. The smallest absolute Gasteiger partial charge is 0.224 e. The second kappa shape index (κ2) is 8.82. The lowest BCUT2D eigenvalue weighted by molar-refractivity contribution is -0.116. The molecule has 0 radical (unpaired) electrons. The number of methoxy groups -OCH3 is 1. The first-order valence-corrected chi connectivity index (χ1v) is 8.08. The fourth-order valence-electron chi connectivity index (χ4n) is 2.32. The molecule has 0 heterocycles. The summed E-state index contributed by atoms with van der Waals surface area (Å²) in [5.74, 6) is 1.28. The van der Waals surface area contributed by atoms with Crippen LogP contribution in [-0.2, 0) is 11.2 Å². The quantitative estimate of drug-likeness (QED) is 0.726. The van der Waals surface area contributed by atoms with Crippen molar-refractivity contribution < 1.29 is 14.3 Å². The molecule has 1 amide bonds. The first-order chi connectivity index (χ1) is 11.6. The van der Waals surface area contributed by atoms with Crippen LogP contribution < -0.4 is 20.5 Å². The van der Waals surface area contributed by atoms with Gasteiger partial charge in [0.1, 0.15) is 11.5 Å². The van der Waals surface area contributed by atoms with E-state index < -0.39 is 0 Å². The molecule has 0 spiro atoms. The molecule has 2 aromatic rings. The van der Waals surface area contributed by atoms with E-state index in [4.69, 9.17) is 15.2 Å². The Morgan fingerprint density at radius 1 is 1.17 bits per heavy atom. The minimum Gasteiger partial charge on any atom is -0.495 e. The highest BCUT2D eigenvalue weighted by Crippen LogP contribution is 2.25. The summed E-state index contributed by atoms with van der Waals surface area (Å²) in [7, 11) is 1.58. The van der Waals surface area contributed by atoms with Gasteiger partial charge in [0.25, 0.3) is 0 Å². The Labute approximate surface area is 142 Å². The highest BCUT2D eigenvalue weighted by molar-refractivity contribution is 5.92. The molecule has 0 unspecified atom stereocenters. The number of ether oxygens (including phenoxy) is 2. The van der Waals surface area contributed by atoms with Gasteiger partial charge in [0.05, 0.1) is 25.1 Å². The minimum atomic E-state index is -0.0584. The van der Waals surface area contributed by atoms with Gasteiger partial charge in [-0.1, -0.05) is 25.1 Å². The van der Waals surface area contributed by atoms with Crippen molar-refractivity contribution in [2.75, 3.05) is 24.8 Å². The predicted molar refractivity (Wildman–Crippen MR) is 96.6 cm³/mol. The van der Waals surface area contributed by atoms with Gasteiger partial charge in [0, 0.05) is 6.42 Å². The summed E-state index contributed by atoms with van der Waals surface area (Å²) in [6.07, 6.45) is 1.90. The number of anilines is 2. The molecule has 0 aliphatic carbocycles. The number of carbonyl (C=O) groups is 1. The minimum absolute atomic E-state index is 0.0584. The summed E-state index contributed by atoms with van der Waals surface area (Å²) < 4.78 is 10.8. The Hall–Kier alpha value is -2.69. The van der Waals surface area contributed by atoms with Crippen LogP contribution in [0.25, 0.3) is 0 Å².